The number of benzene rings is 1. The number of aliphatic hydroxyl groups excluding tert-OH is 1. The zero-order chi connectivity index (χ0) is 11.3. The van der Waals surface area contributed by atoms with E-state index in [4.69, 9.17) is 10.5 Å². The Balaban J connectivity index is 2.71. The van der Waals surface area contributed by atoms with Crippen LogP contribution < -0.4 is 10.5 Å². The SMILES string of the molecule is CCOc1ccc(N)c(SCC(C)O)c1. The molecule has 0 aliphatic heterocycles. The first kappa shape index (κ1) is 12.2. The van der Waals surface area contributed by atoms with E-state index in [1.165, 1.54) is 0 Å². The molecule has 0 aliphatic rings. The number of ether oxygens (including phenoxy) is 1. The van der Waals surface area contributed by atoms with Gasteiger partial charge >= 0.3 is 0 Å². The number of hydrogen-bond acceptors (Lipinski definition) is 4. The molecular weight excluding hydrogens is 210 g/mol. The highest BCUT2D eigenvalue weighted by Crippen LogP contribution is 2.29. The molecule has 0 aliphatic carbocycles. The van der Waals surface area contributed by atoms with E-state index in [1.807, 2.05) is 25.1 Å². The van der Waals surface area contributed by atoms with Crippen LogP contribution >= 0.6 is 11.8 Å². The Bertz CT molecular complexity index is 315. The molecule has 0 fully saturated rings. The van der Waals surface area contributed by atoms with Crippen LogP contribution in [0.3, 0.4) is 0 Å². The van der Waals surface area contributed by atoms with Crippen LogP contribution in [0.4, 0.5) is 5.69 Å². The fourth-order valence-electron chi connectivity index (χ4n) is 1.11. The first-order valence-electron chi connectivity index (χ1n) is 4.96. The van der Waals surface area contributed by atoms with Crippen LogP contribution in [0.5, 0.6) is 5.75 Å². The third-order valence-electron chi connectivity index (χ3n) is 1.78. The van der Waals surface area contributed by atoms with Gasteiger partial charge in [-0.25, -0.2) is 0 Å². The van der Waals surface area contributed by atoms with E-state index >= 15 is 0 Å². The zero-order valence-corrected chi connectivity index (χ0v) is 9.88. The normalized spacial score (nSPS) is 12.5. The van der Waals surface area contributed by atoms with Crippen molar-refractivity contribution in [3.05, 3.63) is 18.2 Å². The van der Waals surface area contributed by atoms with E-state index in [2.05, 4.69) is 0 Å². The van der Waals surface area contributed by atoms with Gasteiger partial charge in [0.15, 0.2) is 0 Å². The molecule has 1 rings (SSSR count). The minimum Gasteiger partial charge on any atom is -0.494 e. The predicted octanol–water partition coefficient (Wildman–Crippen LogP) is 2.14. The van der Waals surface area contributed by atoms with Gasteiger partial charge in [0.05, 0.1) is 12.7 Å². The smallest absolute Gasteiger partial charge is 0.120 e. The highest BCUT2D eigenvalue weighted by atomic mass is 32.2. The molecule has 0 heterocycles. The van der Waals surface area contributed by atoms with Crippen LogP contribution in [0.2, 0.25) is 0 Å². The number of nitrogens with two attached hydrogens (primary N) is 1. The molecule has 0 aromatic heterocycles. The van der Waals surface area contributed by atoms with E-state index in [9.17, 15) is 5.11 Å². The standard InChI is InChI=1S/C11H17NO2S/c1-3-14-9-4-5-10(12)11(6-9)15-7-8(2)13/h4-6,8,13H,3,7,12H2,1-2H3. The summed E-state index contributed by atoms with van der Waals surface area (Å²) in [5.74, 6) is 1.46. The van der Waals surface area contributed by atoms with Crippen molar-refractivity contribution in [2.45, 2.75) is 24.8 Å². The molecule has 3 N–H and O–H groups in total. The molecule has 1 aromatic rings. The fourth-order valence-corrected chi connectivity index (χ4v) is 1.96. The second kappa shape index (κ2) is 5.88. The summed E-state index contributed by atoms with van der Waals surface area (Å²) in [7, 11) is 0. The fraction of sp³-hybridized carbons (Fsp3) is 0.455. The molecule has 84 valence electrons. The second-order valence-electron chi connectivity index (χ2n) is 3.29. The van der Waals surface area contributed by atoms with Crippen molar-refractivity contribution in [2.75, 3.05) is 18.1 Å². The van der Waals surface area contributed by atoms with Gasteiger partial charge < -0.3 is 15.6 Å². The molecule has 1 atom stereocenters. The first-order chi connectivity index (χ1) is 7.13. The molecule has 0 saturated heterocycles. The minimum absolute atomic E-state index is 0.329. The highest BCUT2D eigenvalue weighted by molar-refractivity contribution is 7.99. The van der Waals surface area contributed by atoms with E-state index in [-0.39, 0.29) is 6.10 Å². The molecule has 4 heteroatoms. The largest absolute Gasteiger partial charge is 0.494 e. The third-order valence-corrected chi connectivity index (χ3v) is 3.09. The average Bonchev–Trinajstić information content (AvgIpc) is 2.19. The van der Waals surface area contributed by atoms with E-state index < -0.39 is 0 Å². The maximum Gasteiger partial charge on any atom is 0.120 e. The van der Waals surface area contributed by atoms with Gasteiger partial charge in [0, 0.05) is 16.3 Å². The number of aliphatic hydroxyl groups is 1. The van der Waals surface area contributed by atoms with Gasteiger partial charge in [0.2, 0.25) is 0 Å². The van der Waals surface area contributed by atoms with E-state index in [0.717, 1.165) is 16.3 Å². The van der Waals surface area contributed by atoms with Gasteiger partial charge in [-0.2, -0.15) is 0 Å². The van der Waals surface area contributed by atoms with Gasteiger partial charge in [-0.1, -0.05) is 0 Å². The Morgan fingerprint density at radius 1 is 1.53 bits per heavy atom. The predicted molar refractivity (Wildman–Crippen MR) is 64.4 cm³/mol. The van der Waals surface area contributed by atoms with Crippen LogP contribution in [-0.4, -0.2) is 23.6 Å². The van der Waals surface area contributed by atoms with E-state index in [0.29, 0.717) is 12.4 Å². The quantitative estimate of drug-likeness (QED) is 0.597. The molecule has 1 aromatic carbocycles. The van der Waals surface area contributed by atoms with Crippen molar-refractivity contribution in [2.24, 2.45) is 0 Å². The van der Waals surface area contributed by atoms with Crippen molar-refractivity contribution < 1.29 is 9.84 Å². The van der Waals surface area contributed by atoms with Crippen molar-refractivity contribution in [1.82, 2.24) is 0 Å². The van der Waals surface area contributed by atoms with Crippen molar-refractivity contribution in [1.29, 1.82) is 0 Å². The third kappa shape index (κ3) is 4.01. The average molecular weight is 227 g/mol. The van der Waals surface area contributed by atoms with Crippen molar-refractivity contribution >= 4 is 17.4 Å². The number of rotatable bonds is 5. The Morgan fingerprint density at radius 2 is 2.27 bits per heavy atom. The summed E-state index contributed by atoms with van der Waals surface area (Å²) >= 11 is 1.54. The number of hydrogen-bond donors (Lipinski definition) is 2. The van der Waals surface area contributed by atoms with Crippen LogP contribution in [0.15, 0.2) is 23.1 Å². The molecule has 1 unspecified atom stereocenters. The number of thioether (sulfide) groups is 1. The molecule has 0 radical (unpaired) electrons. The van der Waals surface area contributed by atoms with Gasteiger partial charge in [0.1, 0.15) is 5.75 Å². The van der Waals surface area contributed by atoms with Crippen LogP contribution in [0, 0.1) is 0 Å². The van der Waals surface area contributed by atoms with Crippen LogP contribution in [0.25, 0.3) is 0 Å². The topological polar surface area (TPSA) is 55.5 Å². The van der Waals surface area contributed by atoms with Gasteiger partial charge in [-0.05, 0) is 32.0 Å². The molecular formula is C11H17NO2S. The van der Waals surface area contributed by atoms with Gasteiger partial charge in [-0.3, -0.25) is 0 Å². The lowest BCUT2D eigenvalue weighted by Gasteiger charge is -2.09. The summed E-state index contributed by atoms with van der Waals surface area (Å²) in [5, 5.41) is 9.18. The molecule has 0 saturated carbocycles. The Labute approximate surface area is 94.6 Å². The van der Waals surface area contributed by atoms with Gasteiger partial charge in [-0.15, -0.1) is 11.8 Å². The van der Waals surface area contributed by atoms with Crippen molar-refractivity contribution in [3.8, 4) is 5.75 Å². The van der Waals surface area contributed by atoms with E-state index in [1.54, 1.807) is 18.7 Å². The summed E-state index contributed by atoms with van der Waals surface area (Å²) in [6.07, 6.45) is -0.329. The number of nitrogen functional groups attached to an aromatic ring is 1. The maximum atomic E-state index is 9.18. The molecule has 0 bridgehead atoms. The first-order valence-corrected chi connectivity index (χ1v) is 5.95. The van der Waals surface area contributed by atoms with Crippen LogP contribution in [-0.2, 0) is 0 Å². The summed E-state index contributed by atoms with van der Waals surface area (Å²) in [6, 6.07) is 5.59. The minimum atomic E-state index is -0.329. The molecule has 0 amide bonds. The Hall–Kier alpha value is -0.870. The summed E-state index contributed by atoms with van der Waals surface area (Å²) in [4.78, 5) is 0.960. The molecule has 15 heavy (non-hydrogen) atoms. The lowest BCUT2D eigenvalue weighted by atomic mass is 10.3. The highest BCUT2D eigenvalue weighted by Gasteiger charge is 2.04. The van der Waals surface area contributed by atoms with Crippen molar-refractivity contribution in [3.63, 3.8) is 0 Å². The monoisotopic (exact) mass is 227 g/mol. The van der Waals surface area contributed by atoms with Crippen LogP contribution in [0.1, 0.15) is 13.8 Å². The lowest BCUT2D eigenvalue weighted by molar-refractivity contribution is 0.220. The van der Waals surface area contributed by atoms with Gasteiger partial charge in [0.25, 0.3) is 0 Å². The summed E-state index contributed by atoms with van der Waals surface area (Å²) in [5.41, 5.74) is 6.54. The summed E-state index contributed by atoms with van der Waals surface area (Å²) in [6.45, 7) is 4.35. The second-order valence-corrected chi connectivity index (χ2v) is 4.35. The molecule has 3 nitrogen and oxygen atoms in total. The Morgan fingerprint density at radius 3 is 2.87 bits per heavy atom. The number of anilines is 1. The molecule has 0 spiro atoms. The maximum absolute atomic E-state index is 9.18. The Kier molecular flexibility index (Phi) is 4.78. The zero-order valence-electron chi connectivity index (χ0n) is 9.06. The lowest BCUT2D eigenvalue weighted by Crippen LogP contribution is -2.03. The summed E-state index contributed by atoms with van der Waals surface area (Å²) < 4.78 is 5.38.